The number of rotatable bonds is 3. The molecule has 0 aliphatic carbocycles. The van der Waals surface area contributed by atoms with Crippen LogP contribution in [-0.4, -0.2) is 20.6 Å². The molecule has 0 spiro atoms. The van der Waals surface area contributed by atoms with Crippen LogP contribution in [0, 0.1) is 13.8 Å². The Morgan fingerprint density at radius 1 is 1.20 bits per heavy atom. The number of aromatic hydroxyl groups is 1. The second-order valence-electron chi connectivity index (χ2n) is 5.88. The van der Waals surface area contributed by atoms with E-state index in [4.69, 9.17) is 0 Å². The molecule has 0 aliphatic rings. The van der Waals surface area contributed by atoms with Gasteiger partial charge in [0.1, 0.15) is 11.3 Å². The fourth-order valence-electron chi connectivity index (χ4n) is 3.01. The molecule has 25 heavy (non-hydrogen) atoms. The van der Waals surface area contributed by atoms with Crippen LogP contribution < -0.4 is 10.9 Å². The Balaban J connectivity index is 2.14. The molecule has 3 aromatic rings. The van der Waals surface area contributed by atoms with Crippen molar-refractivity contribution in [3.8, 4) is 5.75 Å². The number of fused-ring (bicyclic) bond motifs is 1. The summed E-state index contributed by atoms with van der Waals surface area (Å²) in [5.74, 6) is -0.939. The second-order valence-corrected chi connectivity index (χ2v) is 5.88. The molecule has 128 valence electrons. The lowest BCUT2D eigenvalue weighted by Gasteiger charge is -2.14. The fourth-order valence-corrected chi connectivity index (χ4v) is 3.01. The minimum absolute atomic E-state index is 0.257. The van der Waals surface area contributed by atoms with E-state index in [2.05, 4.69) is 10.3 Å². The highest BCUT2D eigenvalue weighted by Gasteiger charge is 2.21. The summed E-state index contributed by atoms with van der Waals surface area (Å²) in [6, 6.07) is 10.4. The van der Waals surface area contributed by atoms with E-state index in [9.17, 15) is 14.7 Å². The van der Waals surface area contributed by atoms with Crippen molar-refractivity contribution in [2.24, 2.45) is 0 Å². The van der Waals surface area contributed by atoms with Crippen LogP contribution >= 0.6 is 0 Å². The zero-order valence-corrected chi connectivity index (χ0v) is 14.3. The van der Waals surface area contributed by atoms with Crippen molar-refractivity contribution in [3.05, 3.63) is 63.7 Å². The molecule has 1 amide bonds. The maximum Gasteiger partial charge on any atom is 0.267 e. The summed E-state index contributed by atoms with van der Waals surface area (Å²) in [6.45, 7) is 5.86. The average Bonchev–Trinajstić information content (AvgIpc) is 2.54. The first-order chi connectivity index (χ1) is 11.9. The molecule has 0 radical (unpaired) electrons. The molecule has 6 heteroatoms. The summed E-state index contributed by atoms with van der Waals surface area (Å²) >= 11 is 0. The maximum atomic E-state index is 12.7. The number of hydrogen-bond acceptors (Lipinski definition) is 4. The van der Waals surface area contributed by atoms with Gasteiger partial charge in [0.05, 0.1) is 5.52 Å². The smallest absolute Gasteiger partial charge is 0.267 e. The zero-order valence-electron chi connectivity index (χ0n) is 14.3. The summed E-state index contributed by atoms with van der Waals surface area (Å²) < 4.78 is 1.48. The van der Waals surface area contributed by atoms with Crippen LogP contribution in [0.4, 0.5) is 5.69 Å². The van der Waals surface area contributed by atoms with Gasteiger partial charge in [-0.15, -0.1) is 0 Å². The van der Waals surface area contributed by atoms with Gasteiger partial charge >= 0.3 is 0 Å². The van der Waals surface area contributed by atoms with Crippen molar-refractivity contribution in [2.75, 3.05) is 5.32 Å². The van der Waals surface area contributed by atoms with E-state index in [0.717, 1.165) is 11.4 Å². The van der Waals surface area contributed by atoms with Gasteiger partial charge in [0.15, 0.2) is 0 Å². The lowest BCUT2D eigenvalue weighted by Crippen LogP contribution is -2.29. The number of hydrogen-bond donors (Lipinski definition) is 2. The maximum absolute atomic E-state index is 12.7. The van der Waals surface area contributed by atoms with Crippen LogP contribution in [0.15, 0.2) is 41.2 Å². The molecule has 3 rings (SSSR count). The molecule has 2 heterocycles. The molecule has 0 bridgehead atoms. The van der Waals surface area contributed by atoms with E-state index in [1.54, 1.807) is 36.4 Å². The van der Waals surface area contributed by atoms with Crippen LogP contribution in [-0.2, 0) is 6.54 Å². The van der Waals surface area contributed by atoms with Gasteiger partial charge in [-0.05, 0) is 45.0 Å². The predicted molar refractivity (Wildman–Crippen MR) is 97.2 cm³/mol. The van der Waals surface area contributed by atoms with Crippen LogP contribution in [0.1, 0.15) is 28.7 Å². The normalized spacial score (nSPS) is 10.8. The molecule has 0 unspecified atom stereocenters. The summed E-state index contributed by atoms with van der Waals surface area (Å²) in [5, 5.41) is 13.7. The number of carbonyl (C=O) groups excluding carboxylic acids is 1. The molecule has 0 saturated heterocycles. The Hall–Kier alpha value is -3.15. The fraction of sp³-hybridized carbons (Fsp3) is 0.211. The quantitative estimate of drug-likeness (QED) is 0.769. The highest BCUT2D eigenvalue weighted by molar-refractivity contribution is 6.09. The van der Waals surface area contributed by atoms with Gasteiger partial charge in [0.25, 0.3) is 11.5 Å². The summed E-state index contributed by atoms with van der Waals surface area (Å²) in [7, 11) is 0. The monoisotopic (exact) mass is 337 g/mol. The number of carbonyl (C=O) groups is 1. The van der Waals surface area contributed by atoms with E-state index in [1.165, 1.54) is 4.57 Å². The number of para-hydroxylation sites is 1. The minimum Gasteiger partial charge on any atom is -0.506 e. The summed E-state index contributed by atoms with van der Waals surface area (Å²) in [5.41, 5.74) is 1.86. The Labute approximate surface area is 144 Å². The molecule has 2 aromatic heterocycles. The third kappa shape index (κ3) is 2.98. The summed E-state index contributed by atoms with van der Waals surface area (Å²) in [4.78, 5) is 29.7. The lowest BCUT2D eigenvalue weighted by molar-refractivity contribution is 0.102. The Morgan fingerprint density at radius 3 is 2.48 bits per heavy atom. The van der Waals surface area contributed by atoms with E-state index in [0.29, 0.717) is 23.1 Å². The zero-order chi connectivity index (χ0) is 18.1. The molecule has 6 nitrogen and oxygen atoms in total. The van der Waals surface area contributed by atoms with Crippen LogP contribution in [0.25, 0.3) is 10.9 Å². The third-order valence-electron chi connectivity index (χ3n) is 4.03. The third-order valence-corrected chi connectivity index (χ3v) is 4.03. The van der Waals surface area contributed by atoms with Crippen molar-refractivity contribution >= 4 is 22.5 Å². The number of benzene rings is 1. The first-order valence-electron chi connectivity index (χ1n) is 8.03. The first kappa shape index (κ1) is 16.7. The van der Waals surface area contributed by atoms with Crippen LogP contribution in [0.3, 0.4) is 0 Å². The minimum atomic E-state index is -0.638. The number of amides is 1. The van der Waals surface area contributed by atoms with Gasteiger partial charge in [-0.3, -0.25) is 14.6 Å². The van der Waals surface area contributed by atoms with Crippen molar-refractivity contribution in [1.29, 1.82) is 0 Å². The standard InChI is InChI=1S/C19H19N3O3/c1-4-22-15-8-6-5-7-14(15)17(23)16(19(22)25)18(24)21-13-9-11(2)20-12(3)10-13/h5-10,23H,4H2,1-3H3,(H,20,21,24). The number of pyridine rings is 2. The lowest BCUT2D eigenvalue weighted by atomic mass is 10.1. The molecule has 0 saturated carbocycles. The average molecular weight is 337 g/mol. The number of anilines is 1. The first-order valence-corrected chi connectivity index (χ1v) is 8.03. The van der Waals surface area contributed by atoms with E-state index < -0.39 is 11.5 Å². The largest absolute Gasteiger partial charge is 0.506 e. The highest BCUT2D eigenvalue weighted by atomic mass is 16.3. The van der Waals surface area contributed by atoms with Crippen molar-refractivity contribution in [2.45, 2.75) is 27.3 Å². The van der Waals surface area contributed by atoms with E-state index in [-0.39, 0.29) is 11.3 Å². The van der Waals surface area contributed by atoms with E-state index in [1.807, 2.05) is 20.8 Å². The number of nitrogens with zero attached hydrogens (tertiary/aromatic N) is 2. The van der Waals surface area contributed by atoms with Gasteiger partial charge in [0, 0.05) is 29.0 Å². The second kappa shape index (κ2) is 6.39. The molecule has 2 N–H and O–H groups in total. The number of nitrogens with one attached hydrogen (secondary N) is 1. The Morgan fingerprint density at radius 2 is 1.84 bits per heavy atom. The molecular weight excluding hydrogens is 318 g/mol. The van der Waals surface area contributed by atoms with Crippen molar-refractivity contribution in [1.82, 2.24) is 9.55 Å². The van der Waals surface area contributed by atoms with Crippen molar-refractivity contribution < 1.29 is 9.90 Å². The van der Waals surface area contributed by atoms with E-state index >= 15 is 0 Å². The SMILES string of the molecule is CCn1c(=O)c(C(=O)Nc2cc(C)nc(C)c2)c(O)c2ccccc21. The highest BCUT2D eigenvalue weighted by Crippen LogP contribution is 2.27. The molecule has 0 fully saturated rings. The topological polar surface area (TPSA) is 84.2 Å². The van der Waals surface area contributed by atoms with Gasteiger partial charge in [-0.25, -0.2) is 0 Å². The van der Waals surface area contributed by atoms with Gasteiger partial charge in [-0.1, -0.05) is 12.1 Å². The molecule has 0 aliphatic heterocycles. The Kier molecular flexibility index (Phi) is 4.27. The van der Waals surface area contributed by atoms with Gasteiger partial charge in [0.2, 0.25) is 0 Å². The van der Waals surface area contributed by atoms with Gasteiger partial charge in [-0.2, -0.15) is 0 Å². The number of aryl methyl sites for hydroxylation is 3. The summed E-state index contributed by atoms with van der Waals surface area (Å²) in [6.07, 6.45) is 0. The molecular formula is C19H19N3O3. The predicted octanol–water partition coefficient (Wildman–Crippen LogP) is 2.99. The van der Waals surface area contributed by atoms with Gasteiger partial charge < -0.3 is 15.0 Å². The van der Waals surface area contributed by atoms with Crippen LogP contribution in [0.2, 0.25) is 0 Å². The molecule has 1 aromatic carbocycles. The molecule has 0 atom stereocenters. The van der Waals surface area contributed by atoms with Crippen LogP contribution in [0.5, 0.6) is 5.75 Å². The Bertz CT molecular complexity index is 1020. The number of aromatic nitrogens is 2. The van der Waals surface area contributed by atoms with Crippen molar-refractivity contribution in [3.63, 3.8) is 0 Å².